The van der Waals surface area contributed by atoms with Crippen LogP contribution in [0, 0.1) is 11.8 Å². The van der Waals surface area contributed by atoms with Crippen LogP contribution in [0.4, 0.5) is 0 Å². The van der Waals surface area contributed by atoms with Crippen molar-refractivity contribution < 1.29 is 9.90 Å². The van der Waals surface area contributed by atoms with Crippen LogP contribution in [0.15, 0.2) is 12.1 Å². The summed E-state index contributed by atoms with van der Waals surface area (Å²) in [6.07, 6.45) is 13.0. The molecule has 0 saturated heterocycles. The summed E-state index contributed by atoms with van der Waals surface area (Å²) in [5.74, 6) is 2.42. The second kappa shape index (κ2) is 7.51. The number of aromatic hydroxyl groups is 1. The predicted molar refractivity (Wildman–Crippen MR) is 93.8 cm³/mol. The van der Waals surface area contributed by atoms with Gasteiger partial charge in [-0.25, -0.2) is 0 Å². The summed E-state index contributed by atoms with van der Waals surface area (Å²) in [4.78, 5) is 11.5. The maximum Gasteiger partial charge on any atom is 0.134 e. The van der Waals surface area contributed by atoms with Gasteiger partial charge < -0.3 is 5.11 Å². The monoisotopic (exact) mass is 314 g/mol. The van der Waals surface area contributed by atoms with Gasteiger partial charge in [-0.05, 0) is 55.6 Å². The third-order valence-electron chi connectivity index (χ3n) is 5.30. The lowest BCUT2D eigenvalue weighted by molar-refractivity contribution is -0.116. The molecule has 1 aromatic carbocycles. The molecule has 2 saturated carbocycles. The molecule has 0 aliphatic heterocycles. The molecule has 0 bridgehead atoms. The molecule has 2 fully saturated rings. The maximum atomic E-state index is 11.5. The summed E-state index contributed by atoms with van der Waals surface area (Å²) < 4.78 is 0. The van der Waals surface area contributed by atoms with E-state index in [1.165, 1.54) is 50.5 Å². The molecule has 3 rings (SSSR count). The molecule has 0 amide bonds. The van der Waals surface area contributed by atoms with E-state index in [0.717, 1.165) is 42.2 Å². The van der Waals surface area contributed by atoms with Crippen LogP contribution >= 0.6 is 0 Å². The number of carbonyl (C=O) groups is 1. The smallest absolute Gasteiger partial charge is 0.134 e. The Labute approximate surface area is 140 Å². The fourth-order valence-corrected chi connectivity index (χ4v) is 3.56. The minimum Gasteiger partial charge on any atom is -0.507 e. The molecule has 1 aromatic rings. The van der Waals surface area contributed by atoms with Gasteiger partial charge in [0, 0.05) is 12.0 Å². The number of hydrogen-bond acceptors (Lipinski definition) is 2. The molecule has 1 N–H and O–H groups in total. The van der Waals surface area contributed by atoms with Crippen LogP contribution in [0.2, 0.25) is 0 Å². The highest BCUT2D eigenvalue weighted by molar-refractivity contribution is 5.79. The van der Waals surface area contributed by atoms with E-state index in [-0.39, 0.29) is 5.78 Å². The molecular formula is C21H30O2. The van der Waals surface area contributed by atoms with Crippen LogP contribution in [-0.4, -0.2) is 10.9 Å². The number of ketones is 1. The lowest BCUT2D eigenvalue weighted by Gasteiger charge is -2.13. The van der Waals surface area contributed by atoms with Gasteiger partial charge in [0.1, 0.15) is 11.5 Å². The van der Waals surface area contributed by atoms with Crippen molar-refractivity contribution in [3.05, 3.63) is 28.8 Å². The second-order valence-corrected chi connectivity index (χ2v) is 7.81. The Morgan fingerprint density at radius 1 is 1.00 bits per heavy atom. The predicted octanol–water partition coefficient (Wildman–Crippen LogP) is 4.99. The maximum absolute atomic E-state index is 11.5. The first-order valence-electron chi connectivity index (χ1n) is 9.45. The molecule has 0 unspecified atom stereocenters. The second-order valence-electron chi connectivity index (χ2n) is 7.81. The van der Waals surface area contributed by atoms with Crippen molar-refractivity contribution in [2.24, 2.45) is 11.8 Å². The Morgan fingerprint density at radius 3 is 2.13 bits per heavy atom. The first-order chi connectivity index (χ1) is 11.1. The van der Waals surface area contributed by atoms with Gasteiger partial charge in [-0.3, -0.25) is 4.79 Å². The highest BCUT2D eigenvalue weighted by Crippen LogP contribution is 2.36. The molecule has 0 aromatic heterocycles. The molecule has 0 heterocycles. The van der Waals surface area contributed by atoms with Crippen LogP contribution in [0.25, 0.3) is 0 Å². The summed E-state index contributed by atoms with van der Waals surface area (Å²) in [6.45, 7) is 1.60. The minimum atomic E-state index is 0.124. The molecule has 2 nitrogen and oxygen atoms in total. The molecule has 0 radical (unpaired) electrons. The third kappa shape index (κ3) is 5.37. The molecule has 2 aliphatic rings. The first kappa shape index (κ1) is 16.5. The van der Waals surface area contributed by atoms with E-state index in [9.17, 15) is 9.90 Å². The number of phenolic OH excluding ortho intramolecular Hbond substituents is 1. The standard InChI is InChI=1S/C21H30O2/c1-15(22)12-20-14-18(6-2-4-16-8-9-16)13-19(21(20)23)7-3-5-17-10-11-17/h13-14,16-17,23H,2-12H2,1H3. The van der Waals surface area contributed by atoms with Gasteiger partial charge in [0.2, 0.25) is 0 Å². The van der Waals surface area contributed by atoms with Crippen LogP contribution in [0.1, 0.15) is 75.0 Å². The Kier molecular flexibility index (Phi) is 5.40. The van der Waals surface area contributed by atoms with Gasteiger partial charge in [0.25, 0.3) is 0 Å². The number of benzene rings is 1. The van der Waals surface area contributed by atoms with Crippen molar-refractivity contribution in [2.45, 2.75) is 77.6 Å². The Morgan fingerprint density at radius 2 is 1.57 bits per heavy atom. The van der Waals surface area contributed by atoms with E-state index in [0.29, 0.717) is 12.2 Å². The number of hydrogen-bond donors (Lipinski definition) is 1. The molecular weight excluding hydrogens is 284 g/mol. The normalized spacial score (nSPS) is 17.4. The highest BCUT2D eigenvalue weighted by atomic mass is 16.3. The highest BCUT2D eigenvalue weighted by Gasteiger charge is 2.21. The SMILES string of the molecule is CC(=O)Cc1cc(CCCC2CC2)cc(CCCC2CC2)c1O. The van der Waals surface area contributed by atoms with Gasteiger partial charge >= 0.3 is 0 Å². The summed E-state index contributed by atoms with van der Waals surface area (Å²) in [5, 5.41) is 10.5. The van der Waals surface area contributed by atoms with E-state index in [1.807, 2.05) is 0 Å². The molecule has 0 atom stereocenters. The number of aryl methyl sites for hydroxylation is 2. The Bertz CT molecular complexity index is 553. The van der Waals surface area contributed by atoms with Crippen LogP contribution < -0.4 is 0 Å². The van der Waals surface area contributed by atoms with Gasteiger partial charge in [-0.2, -0.15) is 0 Å². The summed E-state index contributed by atoms with van der Waals surface area (Å²) in [7, 11) is 0. The van der Waals surface area contributed by atoms with Gasteiger partial charge in [0.15, 0.2) is 0 Å². The number of phenols is 1. The zero-order valence-electron chi connectivity index (χ0n) is 14.4. The van der Waals surface area contributed by atoms with Gasteiger partial charge in [0.05, 0.1) is 0 Å². The Hall–Kier alpha value is -1.31. The van der Waals surface area contributed by atoms with Crippen LogP contribution in [0.3, 0.4) is 0 Å². The largest absolute Gasteiger partial charge is 0.507 e. The van der Waals surface area contributed by atoms with Crippen molar-refractivity contribution in [3.8, 4) is 5.75 Å². The van der Waals surface area contributed by atoms with E-state index < -0.39 is 0 Å². The van der Waals surface area contributed by atoms with E-state index in [2.05, 4.69) is 12.1 Å². The molecule has 2 heteroatoms. The average molecular weight is 314 g/mol. The zero-order valence-corrected chi connectivity index (χ0v) is 14.4. The summed E-state index contributed by atoms with van der Waals surface area (Å²) >= 11 is 0. The fraction of sp³-hybridized carbons (Fsp3) is 0.667. The molecule has 2 aliphatic carbocycles. The molecule has 0 spiro atoms. The lowest BCUT2D eigenvalue weighted by Crippen LogP contribution is -2.01. The number of carbonyl (C=O) groups excluding carboxylic acids is 1. The van der Waals surface area contributed by atoms with Gasteiger partial charge in [-0.15, -0.1) is 0 Å². The van der Waals surface area contributed by atoms with Crippen molar-refractivity contribution in [2.75, 3.05) is 0 Å². The number of rotatable bonds is 10. The van der Waals surface area contributed by atoms with E-state index in [1.54, 1.807) is 6.92 Å². The van der Waals surface area contributed by atoms with Crippen LogP contribution in [-0.2, 0) is 24.1 Å². The first-order valence-corrected chi connectivity index (χ1v) is 9.45. The minimum absolute atomic E-state index is 0.124. The topological polar surface area (TPSA) is 37.3 Å². The third-order valence-corrected chi connectivity index (χ3v) is 5.30. The quantitative estimate of drug-likeness (QED) is 0.660. The van der Waals surface area contributed by atoms with E-state index >= 15 is 0 Å². The van der Waals surface area contributed by atoms with Crippen molar-refractivity contribution >= 4 is 5.78 Å². The Balaban J connectivity index is 1.66. The zero-order chi connectivity index (χ0) is 16.2. The number of Topliss-reactive ketones (excluding diaryl/α,β-unsaturated/α-hetero) is 1. The fourth-order valence-electron chi connectivity index (χ4n) is 3.56. The van der Waals surface area contributed by atoms with Crippen LogP contribution in [0.5, 0.6) is 5.75 Å². The lowest BCUT2D eigenvalue weighted by atomic mass is 9.94. The summed E-state index contributed by atoms with van der Waals surface area (Å²) in [6, 6.07) is 4.26. The van der Waals surface area contributed by atoms with Crippen molar-refractivity contribution in [1.29, 1.82) is 0 Å². The van der Waals surface area contributed by atoms with Crippen molar-refractivity contribution in [1.82, 2.24) is 0 Å². The molecule has 126 valence electrons. The van der Waals surface area contributed by atoms with Gasteiger partial charge in [-0.1, -0.05) is 50.7 Å². The van der Waals surface area contributed by atoms with Crippen molar-refractivity contribution in [3.63, 3.8) is 0 Å². The average Bonchev–Trinajstić information content (AvgIpc) is 3.37. The summed E-state index contributed by atoms with van der Waals surface area (Å²) in [5.41, 5.74) is 3.20. The van der Waals surface area contributed by atoms with E-state index in [4.69, 9.17) is 0 Å². The molecule has 23 heavy (non-hydrogen) atoms.